The Kier molecular flexibility index (Phi) is 2.90. The van der Waals surface area contributed by atoms with Gasteiger partial charge >= 0.3 is 0 Å². The summed E-state index contributed by atoms with van der Waals surface area (Å²) in [7, 11) is 0. The van der Waals surface area contributed by atoms with Gasteiger partial charge in [-0.15, -0.1) is 0 Å². The average Bonchev–Trinajstić information content (AvgIpc) is 2.43. The molecular weight excluding hydrogens is 240 g/mol. The predicted molar refractivity (Wildman–Crippen MR) is 74.6 cm³/mol. The van der Waals surface area contributed by atoms with Crippen molar-refractivity contribution >= 4 is 16.8 Å². The molecule has 0 radical (unpaired) electrons. The molecule has 0 aromatic heterocycles. The number of aryl methyl sites for hydroxylation is 1. The monoisotopic (exact) mass is 256 g/mol. The second kappa shape index (κ2) is 4.46. The quantitative estimate of drug-likeness (QED) is 0.732. The topological polar surface area (TPSA) is 60.7 Å². The van der Waals surface area contributed by atoms with Crippen molar-refractivity contribution < 1.29 is 15.3 Å². The van der Waals surface area contributed by atoms with E-state index < -0.39 is 12.2 Å². The van der Waals surface area contributed by atoms with Crippen LogP contribution >= 0.6 is 0 Å². The van der Waals surface area contributed by atoms with Crippen LogP contribution in [-0.4, -0.2) is 21.4 Å². The minimum Gasteiger partial charge on any atom is -0.392 e. The highest BCUT2D eigenvalue weighted by atomic mass is 16.3. The van der Waals surface area contributed by atoms with Gasteiger partial charge < -0.3 is 15.3 Å². The summed E-state index contributed by atoms with van der Waals surface area (Å²) in [5.74, 6) is 0. The van der Waals surface area contributed by atoms with Gasteiger partial charge in [-0.3, -0.25) is 0 Å². The van der Waals surface area contributed by atoms with Crippen molar-refractivity contribution in [3.8, 4) is 0 Å². The fourth-order valence-corrected chi connectivity index (χ4v) is 2.94. The fourth-order valence-electron chi connectivity index (χ4n) is 2.94. The summed E-state index contributed by atoms with van der Waals surface area (Å²) in [6.07, 6.45) is 1.53. The van der Waals surface area contributed by atoms with Gasteiger partial charge in [0.05, 0.1) is 6.61 Å². The van der Waals surface area contributed by atoms with Gasteiger partial charge in [0.2, 0.25) is 0 Å². The van der Waals surface area contributed by atoms with Crippen LogP contribution in [0.5, 0.6) is 0 Å². The first-order valence-electron chi connectivity index (χ1n) is 6.34. The molecule has 0 saturated heterocycles. The van der Waals surface area contributed by atoms with Crippen LogP contribution in [0.1, 0.15) is 28.4 Å². The zero-order chi connectivity index (χ0) is 13.6. The molecular formula is C16H16O3. The first-order chi connectivity index (χ1) is 9.15. The van der Waals surface area contributed by atoms with Gasteiger partial charge in [-0.05, 0) is 39.9 Å². The Labute approximate surface area is 111 Å². The summed E-state index contributed by atoms with van der Waals surface area (Å²) in [5.41, 5.74) is 3.31. The predicted octanol–water partition coefficient (Wildman–Crippen LogP) is 2.06. The molecule has 0 aliphatic heterocycles. The van der Waals surface area contributed by atoms with Crippen molar-refractivity contribution in [3.63, 3.8) is 0 Å². The molecule has 3 heteroatoms. The van der Waals surface area contributed by atoms with Crippen molar-refractivity contribution in [1.29, 1.82) is 0 Å². The smallest absolute Gasteiger partial charge is 0.109 e. The molecule has 0 amide bonds. The van der Waals surface area contributed by atoms with Crippen LogP contribution in [0.3, 0.4) is 0 Å². The molecule has 0 spiro atoms. The third-order valence-electron chi connectivity index (χ3n) is 3.91. The molecule has 1 aliphatic rings. The van der Waals surface area contributed by atoms with Gasteiger partial charge in [-0.1, -0.05) is 36.4 Å². The van der Waals surface area contributed by atoms with E-state index in [1.807, 2.05) is 31.2 Å². The van der Waals surface area contributed by atoms with E-state index in [-0.39, 0.29) is 6.61 Å². The van der Waals surface area contributed by atoms with E-state index in [0.717, 1.165) is 33.0 Å². The fraction of sp³-hybridized carbons (Fsp3) is 0.250. The lowest BCUT2D eigenvalue weighted by Crippen LogP contribution is -2.21. The Morgan fingerprint density at radius 2 is 1.79 bits per heavy atom. The minimum absolute atomic E-state index is 0.0870. The molecule has 2 aromatic rings. The Hall–Kier alpha value is -1.68. The Balaban J connectivity index is 2.46. The molecule has 0 saturated carbocycles. The zero-order valence-electron chi connectivity index (χ0n) is 10.7. The van der Waals surface area contributed by atoms with Crippen LogP contribution in [0.2, 0.25) is 0 Å². The van der Waals surface area contributed by atoms with Gasteiger partial charge in [-0.2, -0.15) is 0 Å². The minimum atomic E-state index is -0.935. The van der Waals surface area contributed by atoms with E-state index in [2.05, 4.69) is 0 Å². The number of hydrogen-bond donors (Lipinski definition) is 3. The van der Waals surface area contributed by atoms with E-state index in [9.17, 15) is 15.3 Å². The van der Waals surface area contributed by atoms with Crippen LogP contribution < -0.4 is 0 Å². The van der Waals surface area contributed by atoms with E-state index in [1.54, 1.807) is 12.2 Å². The van der Waals surface area contributed by atoms with Crippen molar-refractivity contribution in [2.24, 2.45) is 0 Å². The lowest BCUT2D eigenvalue weighted by atomic mass is 9.83. The number of hydrogen-bond acceptors (Lipinski definition) is 3. The van der Waals surface area contributed by atoms with Gasteiger partial charge in [0.1, 0.15) is 12.2 Å². The number of benzene rings is 2. The zero-order valence-corrected chi connectivity index (χ0v) is 10.7. The summed E-state index contributed by atoms with van der Waals surface area (Å²) in [6.45, 7) is 1.85. The highest BCUT2D eigenvalue weighted by molar-refractivity contribution is 5.93. The van der Waals surface area contributed by atoms with Crippen LogP contribution in [0.25, 0.3) is 16.8 Å². The van der Waals surface area contributed by atoms with Crippen molar-refractivity contribution in [1.82, 2.24) is 0 Å². The van der Waals surface area contributed by atoms with E-state index in [4.69, 9.17) is 0 Å². The maximum absolute atomic E-state index is 10.2. The highest BCUT2D eigenvalue weighted by Gasteiger charge is 2.27. The first-order valence-corrected chi connectivity index (χ1v) is 6.34. The van der Waals surface area contributed by atoms with E-state index in [1.165, 1.54) is 0 Å². The standard InChI is InChI=1S/C16H16O3/c1-9-10-4-2-3-5-11(10)13(8-17)12-6-7-14(18)16(19)15(9)12/h2-7,14,16-19H,8H2,1H3/t14-,16+/m1/s1. The average molecular weight is 256 g/mol. The number of aliphatic hydroxyl groups is 3. The first kappa shape index (κ1) is 12.4. The Morgan fingerprint density at radius 1 is 1.11 bits per heavy atom. The van der Waals surface area contributed by atoms with Crippen LogP contribution in [0.15, 0.2) is 30.3 Å². The molecule has 3 nitrogen and oxygen atoms in total. The number of fused-ring (bicyclic) bond motifs is 2. The van der Waals surface area contributed by atoms with Gasteiger partial charge in [0, 0.05) is 0 Å². The maximum atomic E-state index is 10.2. The Bertz CT molecular complexity index is 673. The molecule has 19 heavy (non-hydrogen) atoms. The second-order valence-corrected chi connectivity index (χ2v) is 4.93. The Morgan fingerprint density at radius 3 is 2.47 bits per heavy atom. The highest BCUT2D eigenvalue weighted by Crippen LogP contribution is 2.38. The molecule has 0 bridgehead atoms. The normalized spacial score (nSPS) is 21.7. The van der Waals surface area contributed by atoms with Gasteiger partial charge in [0.25, 0.3) is 0 Å². The molecule has 2 atom stereocenters. The van der Waals surface area contributed by atoms with E-state index >= 15 is 0 Å². The third-order valence-corrected chi connectivity index (χ3v) is 3.91. The number of rotatable bonds is 1. The molecule has 0 fully saturated rings. The van der Waals surface area contributed by atoms with Crippen molar-refractivity contribution in [3.05, 3.63) is 52.6 Å². The van der Waals surface area contributed by atoms with E-state index in [0.29, 0.717) is 0 Å². The molecule has 1 aliphatic carbocycles. The maximum Gasteiger partial charge on any atom is 0.109 e. The largest absolute Gasteiger partial charge is 0.392 e. The lowest BCUT2D eigenvalue weighted by molar-refractivity contribution is 0.0465. The summed E-state index contributed by atoms with van der Waals surface area (Å²) in [4.78, 5) is 0. The molecule has 3 N–H and O–H groups in total. The van der Waals surface area contributed by atoms with Gasteiger partial charge in [-0.25, -0.2) is 0 Å². The van der Waals surface area contributed by atoms with Crippen LogP contribution in [0.4, 0.5) is 0 Å². The summed E-state index contributed by atoms with van der Waals surface area (Å²) >= 11 is 0. The van der Waals surface area contributed by atoms with Crippen molar-refractivity contribution in [2.45, 2.75) is 25.7 Å². The van der Waals surface area contributed by atoms with Crippen LogP contribution in [-0.2, 0) is 6.61 Å². The third kappa shape index (κ3) is 1.70. The van der Waals surface area contributed by atoms with Crippen LogP contribution in [0, 0.1) is 6.92 Å². The summed E-state index contributed by atoms with van der Waals surface area (Å²) < 4.78 is 0. The van der Waals surface area contributed by atoms with Gasteiger partial charge in [0.15, 0.2) is 0 Å². The number of aliphatic hydroxyl groups excluding tert-OH is 3. The summed E-state index contributed by atoms with van der Waals surface area (Å²) in [5, 5.41) is 31.7. The lowest BCUT2D eigenvalue weighted by Gasteiger charge is -2.27. The molecule has 98 valence electrons. The molecule has 2 aromatic carbocycles. The molecule has 0 heterocycles. The summed E-state index contributed by atoms with van der Waals surface area (Å²) in [6, 6.07) is 7.82. The molecule has 3 rings (SSSR count). The molecule has 0 unspecified atom stereocenters. The second-order valence-electron chi connectivity index (χ2n) is 4.93. The SMILES string of the molecule is Cc1c2c(c(CO)c3ccccc13)C=C[C@@H](O)[C@@H]2O. The van der Waals surface area contributed by atoms with Crippen molar-refractivity contribution in [2.75, 3.05) is 0 Å².